The lowest BCUT2D eigenvalue weighted by Crippen LogP contribution is -2.44. The molecule has 1 aromatic rings. The molecule has 1 saturated heterocycles. The Labute approximate surface area is 140 Å². The van der Waals surface area contributed by atoms with Crippen LogP contribution in [0.4, 0.5) is 5.69 Å². The van der Waals surface area contributed by atoms with Gasteiger partial charge >= 0.3 is 0 Å². The van der Waals surface area contributed by atoms with Crippen molar-refractivity contribution in [2.24, 2.45) is 0 Å². The first-order chi connectivity index (χ1) is 10.5. The molecule has 1 aliphatic rings. The van der Waals surface area contributed by atoms with E-state index >= 15 is 0 Å². The maximum atomic E-state index is 12.5. The molecule has 1 N–H and O–H groups in total. The summed E-state index contributed by atoms with van der Waals surface area (Å²) in [6.07, 6.45) is 2.83. The second kappa shape index (κ2) is 8.64. The number of hydrogen-bond donors (Lipinski definition) is 1. The monoisotopic (exact) mass is 344 g/mol. The fourth-order valence-electron chi connectivity index (χ4n) is 2.64. The summed E-state index contributed by atoms with van der Waals surface area (Å²) in [6.45, 7) is 4.05. The van der Waals surface area contributed by atoms with Gasteiger partial charge in [-0.05, 0) is 19.4 Å². The van der Waals surface area contributed by atoms with Gasteiger partial charge in [-0.3, -0.25) is 24.3 Å². The molecule has 0 saturated carbocycles. The zero-order valence-corrected chi connectivity index (χ0v) is 13.8. The Balaban J connectivity index is 0.00000264. The number of aromatic nitrogens is 1. The summed E-state index contributed by atoms with van der Waals surface area (Å²) in [5.41, 5.74) is -0.614. The zero-order valence-electron chi connectivity index (χ0n) is 12.9. The van der Waals surface area contributed by atoms with Crippen LogP contribution in [0.2, 0.25) is 0 Å². The van der Waals surface area contributed by atoms with Crippen LogP contribution in [0.1, 0.15) is 19.8 Å². The normalized spacial score (nSPS) is 16.7. The Morgan fingerprint density at radius 1 is 1.52 bits per heavy atom. The summed E-state index contributed by atoms with van der Waals surface area (Å²) in [7, 11) is 0. The molecule has 1 unspecified atom stereocenters. The van der Waals surface area contributed by atoms with Crippen molar-refractivity contribution < 1.29 is 9.72 Å². The molecule has 0 spiro atoms. The van der Waals surface area contributed by atoms with Crippen LogP contribution in [0.25, 0.3) is 0 Å². The minimum Gasteiger partial charge on any atom is -0.337 e. The third-order valence-corrected chi connectivity index (χ3v) is 3.74. The molecule has 1 amide bonds. The van der Waals surface area contributed by atoms with Crippen molar-refractivity contribution in [2.45, 2.75) is 32.4 Å². The van der Waals surface area contributed by atoms with Crippen molar-refractivity contribution in [1.82, 2.24) is 14.8 Å². The molecule has 0 bridgehead atoms. The molecular formula is C14H21ClN4O4. The molecule has 1 aliphatic heterocycles. The number of rotatable bonds is 6. The fourth-order valence-corrected chi connectivity index (χ4v) is 2.64. The largest absolute Gasteiger partial charge is 0.337 e. The minimum absolute atomic E-state index is 0. The average Bonchev–Trinajstić information content (AvgIpc) is 3.00. The van der Waals surface area contributed by atoms with E-state index in [1.807, 2.05) is 6.92 Å². The van der Waals surface area contributed by atoms with Gasteiger partial charge in [-0.25, -0.2) is 0 Å². The van der Waals surface area contributed by atoms with Gasteiger partial charge in [0, 0.05) is 31.3 Å². The van der Waals surface area contributed by atoms with E-state index in [0.29, 0.717) is 6.54 Å². The summed E-state index contributed by atoms with van der Waals surface area (Å²) >= 11 is 0. The van der Waals surface area contributed by atoms with E-state index in [1.54, 1.807) is 4.90 Å². The van der Waals surface area contributed by atoms with Gasteiger partial charge in [0.1, 0.15) is 6.54 Å². The topological polar surface area (TPSA) is 97.5 Å². The smallest absolute Gasteiger partial charge is 0.285 e. The Morgan fingerprint density at radius 3 is 2.83 bits per heavy atom. The summed E-state index contributed by atoms with van der Waals surface area (Å²) < 4.78 is 1.10. The molecule has 1 atom stereocenters. The van der Waals surface area contributed by atoms with Crippen LogP contribution in [0.3, 0.4) is 0 Å². The molecule has 8 nitrogen and oxygen atoms in total. The first kappa shape index (κ1) is 19.1. The van der Waals surface area contributed by atoms with Crippen LogP contribution in [0.15, 0.2) is 23.1 Å². The number of nitrogens with zero attached hydrogens (tertiary/aromatic N) is 3. The van der Waals surface area contributed by atoms with E-state index in [1.165, 1.54) is 0 Å². The van der Waals surface area contributed by atoms with Crippen molar-refractivity contribution in [3.05, 3.63) is 38.8 Å². The SMILES string of the molecule is CCCN(C(=O)Cn1cc([N+](=O)[O-])ccc1=O)C1CCNC1.Cl. The van der Waals surface area contributed by atoms with E-state index in [-0.39, 0.29) is 36.6 Å². The molecule has 0 aliphatic carbocycles. The van der Waals surface area contributed by atoms with Gasteiger partial charge in [-0.1, -0.05) is 6.92 Å². The lowest BCUT2D eigenvalue weighted by atomic mass is 10.2. The Morgan fingerprint density at radius 2 is 2.26 bits per heavy atom. The van der Waals surface area contributed by atoms with Crippen LogP contribution in [-0.4, -0.2) is 46.0 Å². The third-order valence-electron chi connectivity index (χ3n) is 3.74. The van der Waals surface area contributed by atoms with Gasteiger partial charge in [0.25, 0.3) is 11.2 Å². The lowest BCUT2D eigenvalue weighted by molar-refractivity contribution is -0.385. The molecule has 0 radical (unpaired) electrons. The molecular weight excluding hydrogens is 324 g/mol. The quantitative estimate of drug-likeness (QED) is 0.607. The fraction of sp³-hybridized carbons (Fsp3) is 0.571. The van der Waals surface area contributed by atoms with Gasteiger partial charge in [-0.2, -0.15) is 0 Å². The van der Waals surface area contributed by atoms with Crippen molar-refractivity contribution >= 4 is 24.0 Å². The number of pyridine rings is 1. The van der Waals surface area contributed by atoms with Crippen molar-refractivity contribution in [2.75, 3.05) is 19.6 Å². The predicted octanol–water partition coefficient (Wildman–Crippen LogP) is 0.779. The van der Waals surface area contributed by atoms with Crippen LogP contribution in [0, 0.1) is 10.1 Å². The molecule has 128 valence electrons. The molecule has 2 rings (SSSR count). The lowest BCUT2D eigenvalue weighted by Gasteiger charge is -2.28. The van der Waals surface area contributed by atoms with E-state index in [0.717, 1.165) is 48.8 Å². The second-order valence-corrected chi connectivity index (χ2v) is 5.34. The number of nitro groups is 1. The van der Waals surface area contributed by atoms with Crippen molar-refractivity contribution in [1.29, 1.82) is 0 Å². The highest BCUT2D eigenvalue weighted by Crippen LogP contribution is 2.11. The average molecular weight is 345 g/mol. The van der Waals surface area contributed by atoms with Gasteiger partial charge in [0.05, 0.1) is 11.1 Å². The number of hydrogen-bond acceptors (Lipinski definition) is 5. The second-order valence-electron chi connectivity index (χ2n) is 5.34. The summed E-state index contributed by atoms with van der Waals surface area (Å²) in [5.74, 6) is -0.182. The Hall–Kier alpha value is -1.93. The molecule has 1 aromatic heterocycles. The highest BCUT2D eigenvalue weighted by atomic mass is 35.5. The molecule has 0 aromatic carbocycles. The summed E-state index contributed by atoms with van der Waals surface area (Å²) in [6, 6.07) is 2.39. The standard InChI is InChI=1S/C14H20N4O4.ClH/c1-2-7-17(11-5-6-15-8-11)14(20)10-16-9-12(18(21)22)3-4-13(16)19;/h3-4,9,11,15H,2,5-8,10H2,1H3;1H. The van der Waals surface area contributed by atoms with Crippen LogP contribution in [-0.2, 0) is 11.3 Å². The molecule has 2 heterocycles. The highest BCUT2D eigenvalue weighted by molar-refractivity contribution is 5.85. The van der Waals surface area contributed by atoms with E-state index in [9.17, 15) is 19.7 Å². The maximum Gasteiger partial charge on any atom is 0.285 e. The summed E-state index contributed by atoms with van der Waals surface area (Å²) in [4.78, 5) is 36.3. The zero-order chi connectivity index (χ0) is 16.1. The van der Waals surface area contributed by atoms with Gasteiger partial charge < -0.3 is 10.2 Å². The van der Waals surface area contributed by atoms with Crippen LogP contribution in [0.5, 0.6) is 0 Å². The Bertz CT molecular complexity index is 613. The minimum atomic E-state index is -0.578. The first-order valence-corrected chi connectivity index (χ1v) is 7.38. The van der Waals surface area contributed by atoms with Crippen LogP contribution >= 0.6 is 12.4 Å². The number of carbonyl (C=O) groups excluding carboxylic acids is 1. The van der Waals surface area contributed by atoms with E-state index < -0.39 is 10.5 Å². The first-order valence-electron chi connectivity index (χ1n) is 7.38. The number of nitrogens with one attached hydrogen (secondary N) is 1. The van der Waals surface area contributed by atoms with E-state index in [2.05, 4.69) is 5.32 Å². The Kier molecular flexibility index (Phi) is 7.18. The maximum absolute atomic E-state index is 12.5. The van der Waals surface area contributed by atoms with Crippen molar-refractivity contribution in [3.8, 4) is 0 Å². The van der Waals surface area contributed by atoms with Gasteiger partial charge in [0.15, 0.2) is 0 Å². The predicted molar refractivity (Wildman–Crippen MR) is 87.9 cm³/mol. The van der Waals surface area contributed by atoms with Gasteiger partial charge in [0.2, 0.25) is 5.91 Å². The third kappa shape index (κ3) is 4.77. The molecule has 23 heavy (non-hydrogen) atoms. The van der Waals surface area contributed by atoms with E-state index in [4.69, 9.17) is 0 Å². The highest BCUT2D eigenvalue weighted by Gasteiger charge is 2.26. The van der Waals surface area contributed by atoms with Gasteiger partial charge in [-0.15, -0.1) is 12.4 Å². The summed E-state index contributed by atoms with van der Waals surface area (Å²) in [5, 5.41) is 14.0. The number of amides is 1. The van der Waals surface area contributed by atoms with Crippen LogP contribution < -0.4 is 10.9 Å². The number of carbonyl (C=O) groups is 1. The molecule has 9 heteroatoms. The molecule has 1 fully saturated rings. The van der Waals surface area contributed by atoms with Crippen molar-refractivity contribution in [3.63, 3.8) is 0 Å². The number of halogens is 1.